The molecule has 1 unspecified atom stereocenters. The fourth-order valence-electron chi connectivity index (χ4n) is 6.10. The number of hydrogen-bond donors (Lipinski definition) is 3. The zero-order valence-electron chi connectivity index (χ0n) is 37.6. The summed E-state index contributed by atoms with van der Waals surface area (Å²) in [5.74, 6) is -0.924. The molecule has 5 N–H and O–H groups in total. The van der Waals surface area contributed by atoms with Crippen LogP contribution < -0.4 is 11.5 Å². The summed E-state index contributed by atoms with van der Waals surface area (Å²) in [6.45, 7) is 3.51. The molecule has 0 aliphatic carbocycles. The van der Waals surface area contributed by atoms with Gasteiger partial charge >= 0.3 is 25.9 Å². The number of alkyl carbamates (subject to hydrolysis) is 1. The molecule has 348 valence electrons. The van der Waals surface area contributed by atoms with Crippen molar-refractivity contribution in [2.45, 2.75) is 200 Å². The van der Waals surface area contributed by atoms with E-state index in [4.69, 9.17) is 28.0 Å². The highest BCUT2D eigenvalue weighted by molar-refractivity contribution is 7.47. The molecule has 0 rings (SSSR count). The number of carbonyl (C=O) groups is 3. The van der Waals surface area contributed by atoms with Gasteiger partial charge in [0.1, 0.15) is 13.2 Å². The van der Waals surface area contributed by atoms with Crippen molar-refractivity contribution in [3.8, 4) is 0 Å². The van der Waals surface area contributed by atoms with Crippen LogP contribution in [-0.4, -0.2) is 75.7 Å². The van der Waals surface area contributed by atoms with Gasteiger partial charge in [-0.05, 0) is 64.2 Å². The Morgan fingerprint density at radius 1 is 0.559 bits per heavy atom. The van der Waals surface area contributed by atoms with Crippen LogP contribution in [0.15, 0.2) is 24.3 Å². The van der Waals surface area contributed by atoms with Gasteiger partial charge in [0, 0.05) is 26.5 Å². The third-order valence-corrected chi connectivity index (χ3v) is 10.6. The fourth-order valence-corrected chi connectivity index (χ4v) is 6.85. The Balaban J connectivity index is 0. The van der Waals surface area contributed by atoms with E-state index in [2.05, 4.69) is 43.5 Å². The largest absolute Gasteiger partial charge is 0.472 e. The van der Waals surface area contributed by atoms with Crippen LogP contribution in [0.5, 0.6) is 0 Å². The van der Waals surface area contributed by atoms with Gasteiger partial charge in [0.05, 0.1) is 19.8 Å². The molecular weight excluding hydrogens is 775 g/mol. The lowest BCUT2D eigenvalue weighted by atomic mass is 10.1. The maximum atomic E-state index is 12.7. The fraction of sp³-hybridized carbons (Fsp3) is 0.844. The molecule has 0 aromatic carbocycles. The predicted octanol–water partition coefficient (Wildman–Crippen LogP) is 12.2. The summed E-state index contributed by atoms with van der Waals surface area (Å²) >= 11 is 0. The number of allylic oxidation sites excluding steroid dienone is 4. The van der Waals surface area contributed by atoms with Crippen molar-refractivity contribution in [1.82, 2.24) is 11.5 Å². The maximum absolute atomic E-state index is 12.7. The summed E-state index contributed by atoms with van der Waals surface area (Å²) in [5.41, 5.74) is 0. The summed E-state index contributed by atoms with van der Waals surface area (Å²) < 4.78 is 43.1. The Hall–Kier alpha value is -2.28. The van der Waals surface area contributed by atoms with E-state index in [1.54, 1.807) is 0 Å². The lowest BCUT2D eigenvalue weighted by Gasteiger charge is -2.20. The van der Waals surface area contributed by atoms with Crippen LogP contribution in [0.3, 0.4) is 0 Å². The topological polar surface area (TPSA) is 191 Å². The number of ether oxygens (including phenoxy) is 4. The number of carbonyl (C=O) groups excluding carboxylic acids is 3. The van der Waals surface area contributed by atoms with Gasteiger partial charge in [-0.15, -0.1) is 0 Å². The van der Waals surface area contributed by atoms with Gasteiger partial charge in [-0.1, -0.05) is 141 Å². The minimum absolute atomic E-state index is 0. The molecule has 0 aromatic heterocycles. The number of phosphoric ester groups is 1. The van der Waals surface area contributed by atoms with Gasteiger partial charge in [0.15, 0.2) is 6.10 Å². The lowest BCUT2D eigenvalue weighted by Crippen LogP contribution is -2.30. The van der Waals surface area contributed by atoms with Crippen LogP contribution in [0.25, 0.3) is 0 Å². The van der Waals surface area contributed by atoms with Crippen LogP contribution in [0.1, 0.15) is 194 Å². The maximum Gasteiger partial charge on any atom is 0.472 e. The molecule has 0 aliphatic rings. The van der Waals surface area contributed by atoms with Crippen molar-refractivity contribution < 1.29 is 51.8 Å². The second-order valence-corrected chi connectivity index (χ2v) is 16.6. The van der Waals surface area contributed by atoms with Gasteiger partial charge in [-0.2, -0.15) is 0 Å². The van der Waals surface area contributed by atoms with E-state index in [1.165, 1.54) is 90.6 Å². The Morgan fingerprint density at radius 2 is 1.00 bits per heavy atom. The standard InChI is InChI=1S/C45H84NO11P.H3N/c1-4-6-8-10-12-14-16-18-20-22-24-26-28-30-32-34-43(47)54-40-42(41-56-58(50,51)55-37-36-46-45(49)53-39-38-52-3)57-44(48)35-33-31-29-27-25-23-21-19-17-15-13-11-9-7-5-2;/h18-21,42H,4-17,22-41H2,1-3H3,(H,46,49)(H,50,51);1H3/b20-18-,21-19-;/t42-;/m1./s1. The third kappa shape index (κ3) is 45.1. The average molecular weight is 863 g/mol. The van der Waals surface area contributed by atoms with E-state index >= 15 is 0 Å². The highest BCUT2D eigenvalue weighted by Crippen LogP contribution is 2.43. The molecule has 0 bridgehead atoms. The van der Waals surface area contributed by atoms with Crippen molar-refractivity contribution in [3.63, 3.8) is 0 Å². The van der Waals surface area contributed by atoms with Crippen molar-refractivity contribution >= 4 is 25.9 Å². The predicted molar refractivity (Wildman–Crippen MR) is 238 cm³/mol. The van der Waals surface area contributed by atoms with Gasteiger partial charge in [-0.3, -0.25) is 18.6 Å². The normalized spacial score (nSPS) is 12.9. The van der Waals surface area contributed by atoms with Crippen LogP contribution in [-0.2, 0) is 42.1 Å². The van der Waals surface area contributed by atoms with E-state index in [9.17, 15) is 23.8 Å². The van der Waals surface area contributed by atoms with Crippen molar-refractivity contribution in [2.75, 3.05) is 46.7 Å². The van der Waals surface area contributed by atoms with E-state index in [0.717, 1.165) is 70.6 Å². The number of esters is 2. The molecule has 0 aliphatic heterocycles. The van der Waals surface area contributed by atoms with Crippen molar-refractivity contribution in [2.24, 2.45) is 0 Å². The molecule has 0 saturated heterocycles. The van der Waals surface area contributed by atoms with Crippen LogP contribution >= 0.6 is 7.82 Å². The van der Waals surface area contributed by atoms with E-state index in [-0.39, 0.29) is 52.0 Å². The zero-order chi connectivity index (χ0) is 42.6. The Morgan fingerprint density at radius 3 is 1.47 bits per heavy atom. The van der Waals surface area contributed by atoms with Gasteiger partial charge in [-0.25, -0.2) is 9.36 Å². The van der Waals surface area contributed by atoms with Gasteiger partial charge < -0.3 is 35.3 Å². The first-order valence-electron chi connectivity index (χ1n) is 22.9. The Bertz CT molecular complexity index is 1080. The van der Waals surface area contributed by atoms with E-state index < -0.39 is 38.6 Å². The van der Waals surface area contributed by atoms with Crippen LogP contribution in [0.2, 0.25) is 0 Å². The number of rotatable bonds is 43. The average Bonchev–Trinajstić information content (AvgIpc) is 3.20. The summed E-state index contributed by atoms with van der Waals surface area (Å²) in [5, 5.41) is 2.38. The summed E-state index contributed by atoms with van der Waals surface area (Å²) in [6.07, 6.45) is 37.7. The monoisotopic (exact) mass is 863 g/mol. The first-order chi connectivity index (χ1) is 28.2. The molecule has 2 atom stereocenters. The van der Waals surface area contributed by atoms with E-state index in [0.29, 0.717) is 12.8 Å². The molecule has 0 aromatic rings. The molecule has 0 saturated carbocycles. The van der Waals surface area contributed by atoms with Crippen molar-refractivity contribution in [1.29, 1.82) is 0 Å². The number of hydrogen-bond acceptors (Lipinski definition) is 11. The first kappa shape index (κ1) is 58.8. The molecule has 0 heterocycles. The number of phosphoric acid groups is 1. The molecule has 59 heavy (non-hydrogen) atoms. The minimum Gasteiger partial charge on any atom is -0.462 e. The number of nitrogens with one attached hydrogen (secondary N) is 1. The van der Waals surface area contributed by atoms with Gasteiger partial charge in [0.25, 0.3) is 0 Å². The molecule has 0 radical (unpaired) electrons. The Kier molecular flexibility index (Phi) is 45.1. The summed E-state index contributed by atoms with van der Waals surface area (Å²) in [6, 6.07) is 0. The SMILES string of the molecule is CCCCCCCC/C=C\CCCCCCCC(=O)OC[C@H](COP(=O)(O)OCCNC(=O)OCCOC)OC(=O)CCCCCCC/C=C\CCCCCCCC.N. The first-order valence-corrected chi connectivity index (χ1v) is 24.4. The third-order valence-electron chi connectivity index (χ3n) is 9.58. The molecule has 14 heteroatoms. The van der Waals surface area contributed by atoms with E-state index in [1.807, 2.05) is 0 Å². The summed E-state index contributed by atoms with van der Waals surface area (Å²) in [4.78, 5) is 47.0. The van der Waals surface area contributed by atoms with Crippen LogP contribution in [0, 0.1) is 0 Å². The molecule has 1 amide bonds. The highest BCUT2D eigenvalue weighted by atomic mass is 31.2. The molecule has 0 spiro atoms. The van der Waals surface area contributed by atoms with Gasteiger partial charge in [0.2, 0.25) is 0 Å². The highest BCUT2D eigenvalue weighted by Gasteiger charge is 2.26. The van der Waals surface area contributed by atoms with Crippen molar-refractivity contribution in [3.05, 3.63) is 24.3 Å². The number of amides is 1. The quantitative estimate of drug-likeness (QED) is 0.0173. The molecule has 13 nitrogen and oxygen atoms in total. The molecule has 0 fully saturated rings. The number of unbranched alkanes of at least 4 members (excludes halogenated alkanes) is 22. The second-order valence-electron chi connectivity index (χ2n) is 15.1. The smallest absolute Gasteiger partial charge is 0.462 e. The summed E-state index contributed by atoms with van der Waals surface area (Å²) in [7, 11) is -3.10. The lowest BCUT2D eigenvalue weighted by molar-refractivity contribution is -0.161. The minimum atomic E-state index is -4.58. The second kappa shape index (κ2) is 45.3. The molecular formula is C45H87N2O11P. The zero-order valence-corrected chi connectivity index (χ0v) is 38.5. The Labute approximate surface area is 359 Å². The van der Waals surface area contributed by atoms with Crippen LogP contribution in [0.4, 0.5) is 4.79 Å². The number of methoxy groups -OCH3 is 1.